The molecule has 48 heavy (non-hydrogen) atoms. The maximum atomic E-state index is 3.67. The van der Waals surface area contributed by atoms with E-state index in [1.165, 1.54) is 68.7 Å². The molecular weight excluding hydrogens is 703 g/mol. The average molecular weight is 759 g/mol. The summed E-state index contributed by atoms with van der Waals surface area (Å²) in [7, 11) is 0. The van der Waals surface area contributed by atoms with E-state index in [-0.39, 0.29) is 35.6 Å². The van der Waals surface area contributed by atoms with Gasteiger partial charge in [-0.2, -0.15) is 102 Å². The molecule has 0 bridgehead atoms. The van der Waals surface area contributed by atoms with Gasteiger partial charge in [-0.05, 0) is 40.2 Å². The Morgan fingerprint density at radius 1 is 0.667 bits per heavy atom. The quantitative estimate of drug-likeness (QED) is 0.157. The van der Waals surface area contributed by atoms with E-state index in [0.29, 0.717) is 11.8 Å². The Balaban J connectivity index is 0.000000682. The van der Waals surface area contributed by atoms with Crippen molar-refractivity contribution in [3.8, 4) is 11.1 Å². The Hall–Kier alpha value is -2.31. The summed E-state index contributed by atoms with van der Waals surface area (Å²) in [6.45, 7) is 22.4. The summed E-state index contributed by atoms with van der Waals surface area (Å²) >= 11 is 1.30. The molecule has 0 aromatic heterocycles. The van der Waals surface area contributed by atoms with Crippen molar-refractivity contribution >= 4 is 29.0 Å². The van der Waals surface area contributed by atoms with Gasteiger partial charge in [-0.15, -0.1) is 42.4 Å². The zero-order valence-corrected chi connectivity index (χ0v) is 34.9. The Morgan fingerprint density at radius 3 is 1.52 bits per heavy atom. The molecule has 2 aliphatic rings. The molecule has 0 nitrogen and oxygen atoms in total. The Bertz CT molecular complexity index is 1400. The molecule has 6 rings (SSSR count). The Labute approximate surface area is 321 Å². The van der Waals surface area contributed by atoms with Crippen molar-refractivity contribution in [3.05, 3.63) is 155 Å². The van der Waals surface area contributed by atoms with Crippen molar-refractivity contribution in [1.29, 1.82) is 0 Å². The fourth-order valence-electron chi connectivity index (χ4n) is 4.94. The fraction of sp³-hybridized carbons (Fsp3) is 0.356. The Morgan fingerprint density at radius 2 is 1.17 bits per heavy atom. The summed E-state index contributed by atoms with van der Waals surface area (Å²) in [6.07, 6.45) is 11.0. The SMILES string of the molecule is CC(C)(C)c1[c-]c2c(cc1)-c1ccc(C(C)(C)C)cc1C2.CC(C)c1cc[c-]cc1.CC(C)c1cc[c-]cc1.Cl.Cl.[C-]1=CC=CC1.[CH2]=[Zr]. The normalized spacial score (nSPS) is 11.8. The molecule has 0 N–H and O–H groups in total. The van der Waals surface area contributed by atoms with Crippen LogP contribution < -0.4 is 0 Å². The number of hydrogen-bond acceptors (Lipinski definition) is 0. The van der Waals surface area contributed by atoms with Crippen molar-refractivity contribution in [2.24, 2.45) is 0 Å². The van der Waals surface area contributed by atoms with Crippen molar-refractivity contribution < 1.29 is 24.2 Å². The first-order chi connectivity index (χ1) is 21.8. The molecule has 0 unspecified atom stereocenters. The molecule has 0 saturated carbocycles. The second-order valence-electron chi connectivity index (χ2n) is 14.3. The van der Waals surface area contributed by atoms with E-state index in [2.05, 4.69) is 158 Å². The van der Waals surface area contributed by atoms with E-state index >= 15 is 0 Å². The number of fused-ring (bicyclic) bond motifs is 3. The van der Waals surface area contributed by atoms with Crippen LogP contribution in [0.2, 0.25) is 0 Å². The van der Waals surface area contributed by atoms with Crippen LogP contribution in [0.5, 0.6) is 0 Å². The van der Waals surface area contributed by atoms with E-state index < -0.39 is 0 Å². The number of rotatable bonds is 2. The van der Waals surface area contributed by atoms with E-state index in [1.807, 2.05) is 36.4 Å². The first-order valence-electron chi connectivity index (χ1n) is 16.5. The summed E-state index contributed by atoms with van der Waals surface area (Å²) in [4.78, 5) is 0. The van der Waals surface area contributed by atoms with E-state index in [0.717, 1.165) is 12.8 Å². The van der Waals surface area contributed by atoms with Crippen LogP contribution >= 0.6 is 24.8 Å². The maximum absolute atomic E-state index is 3.67. The first kappa shape index (κ1) is 45.7. The zero-order valence-electron chi connectivity index (χ0n) is 30.8. The van der Waals surface area contributed by atoms with E-state index in [9.17, 15) is 0 Å². The molecule has 0 aliphatic heterocycles. The molecule has 0 spiro atoms. The van der Waals surface area contributed by atoms with Gasteiger partial charge in [0, 0.05) is 0 Å². The molecule has 2 aliphatic carbocycles. The summed E-state index contributed by atoms with van der Waals surface area (Å²) in [5.74, 6) is 1.28. The zero-order chi connectivity index (χ0) is 34.3. The van der Waals surface area contributed by atoms with Crippen LogP contribution in [0.4, 0.5) is 0 Å². The van der Waals surface area contributed by atoms with Gasteiger partial charge in [0.15, 0.2) is 0 Å². The molecule has 0 heterocycles. The van der Waals surface area contributed by atoms with Gasteiger partial charge in [0.2, 0.25) is 0 Å². The standard InChI is InChI=1S/C21H25.2C9H11.C5H5.CH2.2ClH.Zr/c1-20(2,3)16-7-9-18-14(12-16)11-15-13-17(21(4,5)6)8-10-19(15)18;2*1-8(2)9-6-4-3-5-7-9;1-2-4-5-3-1;;;;/h7-10,12H,11H2,1-6H3;2*4-8H,1-2H3;1-3H,4H2;1H2;2*1H;/q4*-1;;;;. The predicted octanol–water partition coefficient (Wildman–Crippen LogP) is 13.0. The topological polar surface area (TPSA) is 0 Å². The second-order valence-corrected chi connectivity index (χ2v) is 14.3. The summed E-state index contributed by atoms with van der Waals surface area (Å²) in [6, 6.07) is 37.4. The summed E-state index contributed by atoms with van der Waals surface area (Å²) < 4.78 is 3.34. The molecule has 3 heteroatoms. The number of halogens is 2. The van der Waals surface area contributed by atoms with Crippen LogP contribution in [-0.2, 0) is 41.5 Å². The van der Waals surface area contributed by atoms with Crippen molar-refractivity contribution in [2.75, 3.05) is 0 Å². The average Bonchev–Trinajstić information content (AvgIpc) is 3.74. The minimum absolute atomic E-state index is 0. The fourth-order valence-corrected chi connectivity index (χ4v) is 4.94. The molecular formula is C45H56Cl2Zr-4. The van der Waals surface area contributed by atoms with Crippen LogP contribution in [0.25, 0.3) is 11.1 Å². The molecule has 0 fully saturated rings. The summed E-state index contributed by atoms with van der Waals surface area (Å²) in [5.41, 5.74) is 11.5. The third-order valence-electron chi connectivity index (χ3n) is 7.87. The van der Waals surface area contributed by atoms with Crippen molar-refractivity contribution in [2.45, 2.75) is 105 Å². The number of allylic oxidation sites excluding steroid dienone is 4. The van der Waals surface area contributed by atoms with Crippen molar-refractivity contribution in [3.63, 3.8) is 0 Å². The van der Waals surface area contributed by atoms with Gasteiger partial charge in [-0.3, -0.25) is 6.08 Å². The van der Waals surface area contributed by atoms with Gasteiger partial charge in [0.1, 0.15) is 0 Å². The molecule has 4 aromatic carbocycles. The van der Waals surface area contributed by atoms with Gasteiger partial charge in [-0.25, -0.2) is 12.2 Å². The van der Waals surface area contributed by atoms with Gasteiger partial charge in [-0.1, -0.05) is 93.0 Å². The Kier molecular flexibility index (Phi) is 21.3. The molecule has 0 saturated heterocycles. The van der Waals surface area contributed by atoms with Gasteiger partial charge < -0.3 is 0 Å². The van der Waals surface area contributed by atoms with E-state index in [4.69, 9.17) is 0 Å². The van der Waals surface area contributed by atoms with Crippen LogP contribution in [0.3, 0.4) is 0 Å². The molecule has 0 radical (unpaired) electrons. The number of hydrogen-bond donors (Lipinski definition) is 0. The van der Waals surface area contributed by atoms with Crippen LogP contribution in [-0.4, -0.2) is 4.21 Å². The first-order valence-corrected chi connectivity index (χ1v) is 18.2. The molecule has 0 amide bonds. The van der Waals surface area contributed by atoms with Gasteiger partial charge >= 0.3 is 28.4 Å². The molecule has 4 aromatic rings. The molecule has 0 atom stereocenters. The summed E-state index contributed by atoms with van der Waals surface area (Å²) in [5, 5.41) is 0. The predicted molar refractivity (Wildman–Crippen MR) is 213 cm³/mol. The van der Waals surface area contributed by atoms with Gasteiger partial charge in [0.05, 0.1) is 0 Å². The monoisotopic (exact) mass is 756 g/mol. The third-order valence-corrected chi connectivity index (χ3v) is 7.87. The van der Waals surface area contributed by atoms with Crippen LogP contribution in [0.15, 0.2) is 97.1 Å². The minimum atomic E-state index is 0. The third kappa shape index (κ3) is 15.1. The van der Waals surface area contributed by atoms with Gasteiger partial charge in [0.25, 0.3) is 0 Å². The number of benzene rings is 4. The second kappa shape index (κ2) is 22.4. The van der Waals surface area contributed by atoms with Crippen LogP contribution in [0, 0.1) is 24.3 Å². The van der Waals surface area contributed by atoms with Crippen molar-refractivity contribution in [1.82, 2.24) is 0 Å². The van der Waals surface area contributed by atoms with Crippen LogP contribution in [0.1, 0.15) is 121 Å². The van der Waals surface area contributed by atoms with E-state index in [1.54, 1.807) is 0 Å². The molecule has 258 valence electrons.